The Bertz CT molecular complexity index is 870. The summed E-state index contributed by atoms with van der Waals surface area (Å²) in [5, 5.41) is 9.21. The van der Waals surface area contributed by atoms with E-state index in [4.69, 9.17) is 14.5 Å². The Morgan fingerprint density at radius 3 is 2.87 bits per heavy atom. The standard InChI is InChI=1S/C16H18N4O2S/c1-9-19-20-15-11(18-16(20)23-9)6-7-17-14(15)10-4-5-12(21-2)13(8-10)22-3/h4-5,8,14,17H,6-7H2,1-3H3. The Morgan fingerprint density at radius 1 is 1.26 bits per heavy atom. The average Bonchev–Trinajstić information content (AvgIpc) is 3.09. The largest absolute Gasteiger partial charge is 0.493 e. The van der Waals surface area contributed by atoms with Gasteiger partial charge in [-0.1, -0.05) is 17.4 Å². The van der Waals surface area contributed by atoms with E-state index in [1.165, 1.54) is 0 Å². The predicted molar refractivity (Wildman–Crippen MR) is 88.7 cm³/mol. The van der Waals surface area contributed by atoms with Gasteiger partial charge in [-0.2, -0.15) is 5.10 Å². The van der Waals surface area contributed by atoms with Crippen LogP contribution in [0.25, 0.3) is 4.96 Å². The van der Waals surface area contributed by atoms with E-state index in [1.54, 1.807) is 25.6 Å². The van der Waals surface area contributed by atoms with Crippen LogP contribution in [0.15, 0.2) is 18.2 Å². The van der Waals surface area contributed by atoms with Crippen molar-refractivity contribution in [2.75, 3.05) is 20.8 Å². The number of aryl methyl sites for hydroxylation is 1. The molecule has 1 atom stereocenters. The first-order chi connectivity index (χ1) is 11.2. The molecule has 1 unspecified atom stereocenters. The number of ether oxygens (including phenoxy) is 2. The Labute approximate surface area is 138 Å². The van der Waals surface area contributed by atoms with Gasteiger partial charge in [0.1, 0.15) is 5.01 Å². The van der Waals surface area contributed by atoms with Gasteiger partial charge in [-0.15, -0.1) is 0 Å². The van der Waals surface area contributed by atoms with Gasteiger partial charge in [-0.3, -0.25) is 0 Å². The number of imidazole rings is 1. The molecule has 0 saturated heterocycles. The second-order valence-electron chi connectivity index (χ2n) is 5.51. The van der Waals surface area contributed by atoms with Crippen LogP contribution >= 0.6 is 11.3 Å². The molecule has 3 aromatic rings. The molecule has 1 aliphatic heterocycles. The second kappa shape index (κ2) is 5.50. The first-order valence-electron chi connectivity index (χ1n) is 7.51. The van der Waals surface area contributed by atoms with Crippen LogP contribution in [0.2, 0.25) is 0 Å². The van der Waals surface area contributed by atoms with Crippen molar-refractivity contribution in [1.82, 2.24) is 19.9 Å². The number of aromatic nitrogens is 3. The molecule has 7 heteroatoms. The Hall–Kier alpha value is -2.12. The fourth-order valence-electron chi connectivity index (χ4n) is 3.11. The summed E-state index contributed by atoms with van der Waals surface area (Å²) in [5.41, 5.74) is 3.38. The van der Waals surface area contributed by atoms with Crippen LogP contribution in [0, 0.1) is 6.92 Å². The molecule has 4 rings (SSSR count). The monoisotopic (exact) mass is 330 g/mol. The lowest BCUT2D eigenvalue weighted by molar-refractivity contribution is 0.354. The first-order valence-corrected chi connectivity index (χ1v) is 8.33. The predicted octanol–water partition coefficient (Wildman–Crippen LogP) is 2.35. The zero-order valence-corrected chi connectivity index (χ0v) is 14.1. The van der Waals surface area contributed by atoms with Crippen molar-refractivity contribution in [2.24, 2.45) is 0 Å². The molecular formula is C16H18N4O2S. The minimum Gasteiger partial charge on any atom is -0.493 e. The highest BCUT2D eigenvalue weighted by Gasteiger charge is 2.28. The van der Waals surface area contributed by atoms with Gasteiger partial charge in [0.15, 0.2) is 11.5 Å². The van der Waals surface area contributed by atoms with E-state index >= 15 is 0 Å². The van der Waals surface area contributed by atoms with Crippen molar-refractivity contribution in [1.29, 1.82) is 0 Å². The van der Waals surface area contributed by atoms with Gasteiger partial charge in [0.05, 0.1) is 31.6 Å². The highest BCUT2D eigenvalue weighted by atomic mass is 32.1. The summed E-state index contributed by atoms with van der Waals surface area (Å²) in [6, 6.07) is 6.07. The number of methoxy groups -OCH3 is 2. The lowest BCUT2D eigenvalue weighted by atomic mass is 9.97. The SMILES string of the molecule is COc1ccc(C2NCCc3nc4sc(C)nn4c32)cc1OC. The van der Waals surface area contributed by atoms with E-state index in [0.29, 0.717) is 0 Å². The van der Waals surface area contributed by atoms with Crippen LogP contribution in [0.1, 0.15) is 28.0 Å². The minimum absolute atomic E-state index is 0.0510. The smallest absolute Gasteiger partial charge is 0.212 e. The molecule has 0 bridgehead atoms. The average molecular weight is 330 g/mol. The summed E-state index contributed by atoms with van der Waals surface area (Å²) in [7, 11) is 3.30. The Kier molecular flexibility index (Phi) is 3.46. The molecule has 6 nitrogen and oxygen atoms in total. The normalized spacial score (nSPS) is 17.3. The zero-order chi connectivity index (χ0) is 16.0. The van der Waals surface area contributed by atoms with E-state index in [1.807, 2.05) is 23.6 Å². The topological polar surface area (TPSA) is 60.7 Å². The van der Waals surface area contributed by atoms with Gasteiger partial charge in [-0.05, 0) is 24.6 Å². The number of nitrogens with zero attached hydrogens (tertiary/aromatic N) is 3. The fourth-order valence-corrected chi connectivity index (χ4v) is 3.88. The molecule has 1 aromatic carbocycles. The highest BCUT2D eigenvalue weighted by Crippen LogP contribution is 2.35. The molecule has 0 aliphatic carbocycles. The van der Waals surface area contributed by atoms with Crippen molar-refractivity contribution in [3.63, 3.8) is 0 Å². The van der Waals surface area contributed by atoms with Crippen LogP contribution in [0.3, 0.4) is 0 Å². The maximum Gasteiger partial charge on any atom is 0.212 e. The molecule has 3 heterocycles. The summed E-state index contributed by atoms with van der Waals surface area (Å²) in [4.78, 5) is 5.71. The van der Waals surface area contributed by atoms with Crippen molar-refractivity contribution < 1.29 is 9.47 Å². The molecule has 1 aliphatic rings. The van der Waals surface area contributed by atoms with Crippen LogP contribution in [-0.2, 0) is 6.42 Å². The van der Waals surface area contributed by atoms with E-state index < -0.39 is 0 Å². The van der Waals surface area contributed by atoms with Crippen molar-refractivity contribution in [3.05, 3.63) is 40.2 Å². The van der Waals surface area contributed by atoms with Crippen LogP contribution in [0.4, 0.5) is 0 Å². The molecule has 0 spiro atoms. The molecule has 1 N–H and O–H groups in total. The van der Waals surface area contributed by atoms with Gasteiger partial charge in [0.2, 0.25) is 4.96 Å². The lowest BCUT2D eigenvalue weighted by Crippen LogP contribution is -2.31. The number of fused-ring (bicyclic) bond motifs is 3. The van der Waals surface area contributed by atoms with Gasteiger partial charge >= 0.3 is 0 Å². The summed E-state index contributed by atoms with van der Waals surface area (Å²) >= 11 is 1.62. The summed E-state index contributed by atoms with van der Waals surface area (Å²) in [5.74, 6) is 1.46. The molecule has 120 valence electrons. The van der Waals surface area contributed by atoms with E-state index in [0.717, 1.165) is 51.4 Å². The third-order valence-electron chi connectivity index (χ3n) is 4.14. The van der Waals surface area contributed by atoms with Crippen LogP contribution < -0.4 is 14.8 Å². The van der Waals surface area contributed by atoms with E-state index in [9.17, 15) is 0 Å². The lowest BCUT2D eigenvalue weighted by Gasteiger charge is -2.24. The molecule has 0 fully saturated rings. The third kappa shape index (κ3) is 2.27. The van der Waals surface area contributed by atoms with Crippen molar-refractivity contribution in [3.8, 4) is 11.5 Å². The molecule has 23 heavy (non-hydrogen) atoms. The molecule has 2 aromatic heterocycles. The van der Waals surface area contributed by atoms with Crippen molar-refractivity contribution >= 4 is 16.3 Å². The second-order valence-corrected chi connectivity index (χ2v) is 6.67. The number of hydrogen-bond acceptors (Lipinski definition) is 6. The number of benzene rings is 1. The van der Waals surface area contributed by atoms with Crippen LogP contribution in [-0.4, -0.2) is 35.4 Å². The summed E-state index contributed by atoms with van der Waals surface area (Å²) < 4.78 is 12.7. The first kappa shape index (κ1) is 14.5. The molecule has 0 amide bonds. The summed E-state index contributed by atoms with van der Waals surface area (Å²) in [6.07, 6.45) is 0.925. The molecule has 0 saturated carbocycles. The molecular weight excluding hydrogens is 312 g/mol. The highest BCUT2D eigenvalue weighted by molar-refractivity contribution is 7.16. The van der Waals surface area contributed by atoms with Gasteiger partial charge in [0.25, 0.3) is 0 Å². The number of rotatable bonds is 3. The van der Waals surface area contributed by atoms with Crippen molar-refractivity contribution in [2.45, 2.75) is 19.4 Å². The number of nitrogens with one attached hydrogen (secondary N) is 1. The fraction of sp³-hybridized carbons (Fsp3) is 0.375. The van der Waals surface area contributed by atoms with Gasteiger partial charge in [0, 0.05) is 13.0 Å². The maximum absolute atomic E-state index is 5.44. The molecule has 0 radical (unpaired) electrons. The Balaban J connectivity index is 1.85. The van der Waals surface area contributed by atoms with Gasteiger partial charge in [-0.25, -0.2) is 9.50 Å². The summed E-state index contributed by atoms with van der Waals surface area (Å²) in [6.45, 7) is 2.91. The third-order valence-corrected chi connectivity index (χ3v) is 4.96. The minimum atomic E-state index is 0.0510. The zero-order valence-electron chi connectivity index (χ0n) is 13.3. The maximum atomic E-state index is 5.44. The van der Waals surface area contributed by atoms with Crippen LogP contribution in [0.5, 0.6) is 11.5 Å². The van der Waals surface area contributed by atoms with Gasteiger partial charge < -0.3 is 14.8 Å². The van der Waals surface area contributed by atoms with E-state index in [-0.39, 0.29) is 6.04 Å². The van der Waals surface area contributed by atoms with E-state index in [2.05, 4.69) is 16.5 Å². The Morgan fingerprint density at radius 2 is 2.09 bits per heavy atom. The number of hydrogen-bond donors (Lipinski definition) is 1. The quantitative estimate of drug-likeness (QED) is 0.799.